The first-order valence-electron chi connectivity index (χ1n) is 21.1. The van der Waals surface area contributed by atoms with Crippen LogP contribution in [0.4, 0.5) is 17.1 Å². The van der Waals surface area contributed by atoms with Crippen LogP contribution in [0.2, 0.25) is 0 Å². The third-order valence-corrected chi connectivity index (χ3v) is 12.6. The van der Waals surface area contributed by atoms with Crippen molar-refractivity contribution in [3.63, 3.8) is 0 Å². The van der Waals surface area contributed by atoms with Crippen LogP contribution in [0.5, 0.6) is 0 Å². The molecule has 0 radical (unpaired) electrons. The molecular formula is C58H36N2O2. The number of fused-ring (bicyclic) bond motifs is 10. The molecule has 0 bridgehead atoms. The summed E-state index contributed by atoms with van der Waals surface area (Å²) < 4.78 is 15.7. The lowest BCUT2D eigenvalue weighted by Crippen LogP contribution is -2.11. The summed E-state index contributed by atoms with van der Waals surface area (Å²) in [4.78, 5) is 2.42. The van der Waals surface area contributed by atoms with Crippen LogP contribution in [0.3, 0.4) is 0 Å². The molecule has 4 nitrogen and oxygen atoms in total. The number of hydrogen-bond acceptors (Lipinski definition) is 3. The Labute approximate surface area is 356 Å². The SMILES string of the molecule is c1cc(-c2cccc3oc4ccccc4c23)cc(N(c2cc(-c3ccccc3-n3c4ccccc4c4ccccc43)c3oc4ccccc4c3c2)c2cccc3ccccc23)c1. The summed E-state index contributed by atoms with van der Waals surface area (Å²) in [6.45, 7) is 0. The molecule has 0 aliphatic rings. The minimum absolute atomic E-state index is 0.855. The van der Waals surface area contributed by atoms with Crippen molar-refractivity contribution in [3.05, 3.63) is 218 Å². The standard InChI is InChI=1S/C58H36N2O2/c1-2-20-41-37(16-1)17-14-30-50(41)59(39-19-13-18-38(34-39)42-26-15-33-56-57(42)47-25-7-12-32-55(47)61-56)40-35-48(58-49(36-40)46-24-6-11-31-54(46)62-58)45-23-5-10-29-53(45)60-51-27-8-3-21-43(51)44-22-4-9-28-52(44)60/h1-36H. The quantitative estimate of drug-likeness (QED) is 0.168. The first kappa shape index (κ1) is 34.5. The van der Waals surface area contributed by atoms with E-state index in [4.69, 9.17) is 8.83 Å². The summed E-state index contributed by atoms with van der Waals surface area (Å²) in [7, 11) is 0. The number of furan rings is 2. The van der Waals surface area contributed by atoms with E-state index in [0.29, 0.717) is 0 Å². The van der Waals surface area contributed by atoms with E-state index < -0.39 is 0 Å². The highest BCUT2D eigenvalue weighted by Crippen LogP contribution is 2.48. The summed E-state index contributed by atoms with van der Waals surface area (Å²) in [5.74, 6) is 0. The normalized spacial score (nSPS) is 11.9. The average Bonchev–Trinajstić information content (AvgIpc) is 4.02. The third kappa shape index (κ3) is 5.20. The van der Waals surface area contributed by atoms with Crippen molar-refractivity contribution in [1.82, 2.24) is 4.57 Å². The number of anilines is 3. The molecule has 4 heteroatoms. The summed E-state index contributed by atoms with van der Waals surface area (Å²) in [5, 5.41) is 9.14. The first-order chi connectivity index (χ1) is 30.8. The van der Waals surface area contributed by atoms with Gasteiger partial charge in [-0.3, -0.25) is 0 Å². The number of aromatic nitrogens is 1. The molecule has 0 aliphatic heterocycles. The fraction of sp³-hybridized carbons (Fsp3) is 0. The van der Waals surface area contributed by atoms with E-state index in [1.54, 1.807) is 0 Å². The number of nitrogens with zero attached hydrogens (tertiary/aromatic N) is 2. The van der Waals surface area contributed by atoms with Crippen LogP contribution in [-0.2, 0) is 0 Å². The van der Waals surface area contributed by atoms with Crippen molar-refractivity contribution in [2.24, 2.45) is 0 Å². The Bertz CT molecular complexity index is 3840. The van der Waals surface area contributed by atoms with Gasteiger partial charge in [0.1, 0.15) is 22.3 Å². The molecule has 290 valence electrons. The molecule has 3 heterocycles. The van der Waals surface area contributed by atoms with Crippen molar-refractivity contribution in [2.45, 2.75) is 0 Å². The molecule has 0 unspecified atom stereocenters. The van der Waals surface area contributed by atoms with Crippen molar-refractivity contribution in [1.29, 1.82) is 0 Å². The number of benzene rings is 10. The zero-order valence-electron chi connectivity index (χ0n) is 33.5. The van der Waals surface area contributed by atoms with Gasteiger partial charge in [-0.1, -0.05) is 152 Å². The maximum Gasteiger partial charge on any atom is 0.143 e. The van der Waals surface area contributed by atoms with Gasteiger partial charge in [-0.2, -0.15) is 0 Å². The van der Waals surface area contributed by atoms with Crippen molar-refractivity contribution in [2.75, 3.05) is 4.90 Å². The van der Waals surface area contributed by atoms with Gasteiger partial charge >= 0.3 is 0 Å². The van der Waals surface area contributed by atoms with Crippen LogP contribution >= 0.6 is 0 Å². The molecule has 13 aromatic rings. The zero-order valence-corrected chi connectivity index (χ0v) is 33.5. The van der Waals surface area contributed by atoms with Gasteiger partial charge in [-0.15, -0.1) is 0 Å². The second-order valence-electron chi connectivity index (χ2n) is 16.0. The molecule has 0 spiro atoms. The second kappa shape index (κ2) is 13.6. The van der Waals surface area contributed by atoms with Gasteiger partial charge < -0.3 is 18.3 Å². The smallest absolute Gasteiger partial charge is 0.143 e. The summed E-state index contributed by atoms with van der Waals surface area (Å²) in [5.41, 5.74) is 14.4. The van der Waals surface area contributed by atoms with Gasteiger partial charge in [0.2, 0.25) is 0 Å². The lowest BCUT2D eigenvalue weighted by molar-refractivity contribution is 0.669. The Morgan fingerprint density at radius 3 is 1.77 bits per heavy atom. The predicted molar refractivity (Wildman–Crippen MR) is 258 cm³/mol. The fourth-order valence-electron chi connectivity index (χ4n) is 9.88. The monoisotopic (exact) mass is 792 g/mol. The maximum atomic E-state index is 6.91. The third-order valence-electron chi connectivity index (χ3n) is 12.6. The highest BCUT2D eigenvalue weighted by molar-refractivity contribution is 6.15. The molecule has 0 saturated carbocycles. The van der Waals surface area contributed by atoms with Crippen LogP contribution in [0, 0.1) is 0 Å². The molecule has 10 aromatic carbocycles. The Kier molecular flexibility index (Phi) is 7.57. The van der Waals surface area contributed by atoms with Crippen LogP contribution in [-0.4, -0.2) is 4.57 Å². The van der Waals surface area contributed by atoms with Crippen molar-refractivity contribution >= 4 is 93.5 Å². The van der Waals surface area contributed by atoms with E-state index in [2.05, 4.69) is 216 Å². The molecule has 13 rings (SSSR count). The Morgan fingerprint density at radius 2 is 0.952 bits per heavy atom. The fourth-order valence-corrected chi connectivity index (χ4v) is 9.88. The summed E-state index contributed by atoms with van der Waals surface area (Å²) in [6.07, 6.45) is 0. The predicted octanol–water partition coefficient (Wildman–Crippen LogP) is 16.5. The zero-order chi connectivity index (χ0) is 40.7. The van der Waals surface area contributed by atoms with E-state index >= 15 is 0 Å². The second-order valence-corrected chi connectivity index (χ2v) is 16.0. The largest absolute Gasteiger partial charge is 0.456 e. The molecule has 0 atom stereocenters. The van der Waals surface area contributed by atoms with Crippen LogP contribution < -0.4 is 4.90 Å². The number of hydrogen-bond donors (Lipinski definition) is 0. The average molecular weight is 793 g/mol. The number of para-hydroxylation sites is 5. The highest BCUT2D eigenvalue weighted by Gasteiger charge is 2.24. The molecule has 3 aromatic heterocycles. The van der Waals surface area contributed by atoms with Crippen molar-refractivity contribution in [3.8, 4) is 27.9 Å². The van der Waals surface area contributed by atoms with Gasteiger partial charge in [-0.05, 0) is 83.2 Å². The van der Waals surface area contributed by atoms with E-state index in [1.807, 2.05) is 12.1 Å². The van der Waals surface area contributed by atoms with E-state index in [-0.39, 0.29) is 0 Å². The van der Waals surface area contributed by atoms with Crippen molar-refractivity contribution < 1.29 is 8.83 Å². The minimum atomic E-state index is 0.855. The Balaban J connectivity index is 1.11. The summed E-state index contributed by atoms with van der Waals surface area (Å²) >= 11 is 0. The van der Waals surface area contributed by atoms with E-state index in [1.165, 1.54) is 16.2 Å². The highest BCUT2D eigenvalue weighted by atomic mass is 16.3. The van der Waals surface area contributed by atoms with Crippen LogP contribution in [0.1, 0.15) is 0 Å². The Hall–Kier alpha value is -8.34. The maximum absolute atomic E-state index is 6.91. The minimum Gasteiger partial charge on any atom is -0.456 e. The lowest BCUT2D eigenvalue weighted by atomic mass is 9.97. The first-order valence-corrected chi connectivity index (χ1v) is 21.1. The van der Waals surface area contributed by atoms with Gasteiger partial charge in [0, 0.05) is 60.2 Å². The molecular weight excluding hydrogens is 757 g/mol. The molecule has 0 saturated heterocycles. The number of rotatable bonds is 6. The molecule has 0 fully saturated rings. The Morgan fingerprint density at radius 1 is 0.355 bits per heavy atom. The van der Waals surface area contributed by atoms with Crippen LogP contribution in [0.25, 0.3) is 104 Å². The molecule has 62 heavy (non-hydrogen) atoms. The van der Waals surface area contributed by atoms with Gasteiger partial charge in [-0.25, -0.2) is 0 Å². The lowest BCUT2D eigenvalue weighted by Gasteiger charge is -2.28. The summed E-state index contributed by atoms with van der Waals surface area (Å²) in [6, 6.07) is 78.1. The van der Waals surface area contributed by atoms with E-state index in [9.17, 15) is 0 Å². The molecule has 0 aliphatic carbocycles. The molecule has 0 amide bonds. The molecule has 0 N–H and O–H groups in total. The van der Waals surface area contributed by atoms with Gasteiger partial charge in [0.05, 0.1) is 22.4 Å². The van der Waals surface area contributed by atoms with Crippen LogP contribution in [0.15, 0.2) is 227 Å². The van der Waals surface area contributed by atoms with E-state index in [0.717, 1.165) is 105 Å². The van der Waals surface area contributed by atoms with Gasteiger partial charge in [0.15, 0.2) is 0 Å². The van der Waals surface area contributed by atoms with Gasteiger partial charge in [0.25, 0.3) is 0 Å². The topological polar surface area (TPSA) is 34.5 Å².